The summed E-state index contributed by atoms with van der Waals surface area (Å²) < 4.78 is 0. The maximum Gasteiger partial charge on any atom is 0.246 e. The molecule has 0 atom stereocenters. The van der Waals surface area contributed by atoms with E-state index in [1.54, 1.807) is 0 Å². The summed E-state index contributed by atoms with van der Waals surface area (Å²) in [4.78, 5) is 0. The summed E-state index contributed by atoms with van der Waals surface area (Å²) in [5.74, 6) is -3.31. The Labute approximate surface area is 57.4 Å². The zero-order valence-corrected chi connectivity index (χ0v) is 5.02. The van der Waals surface area contributed by atoms with Crippen molar-refractivity contribution in [2.24, 2.45) is 0 Å². The van der Waals surface area contributed by atoms with Crippen LogP contribution in [-0.4, -0.2) is 26.2 Å². The van der Waals surface area contributed by atoms with Crippen molar-refractivity contribution >= 4 is 0 Å². The fourth-order valence-corrected chi connectivity index (χ4v) is 0.615. The van der Waals surface area contributed by atoms with Gasteiger partial charge in [-0.1, -0.05) is 0 Å². The van der Waals surface area contributed by atoms with E-state index in [9.17, 15) is 0 Å². The highest BCUT2D eigenvalue weighted by Crippen LogP contribution is 2.20. The summed E-state index contributed by atoms with van der Waals surface area (Å²) in [7, 11) is 0. The van der Waals surface area contributed by atoms with Gasteiger partial charge in [-0.05, 0) is 6.08 Å². The van der Waals surface area contributed by atoms with Gasteiger partial charge in [0.25, 0.3) is 0 Å². The van der Waals surface area contributed by atoms with Crippen molar-refractivity contribution in [2.45, 2.75) is 5.79 Å². The third-order valence-corrected chi connectivity index (χ3v) is 1.14. The van der Waals surface area contributed by atoms with Gasteiger partial charge in [0.05, 0.1) is 6.42 Å². The second-order valence-corrected chi connectivity index (χ2v) is 2.01. The van der Waals surface area contributed by atoms with Gasteiger partial charge in [0.15, 0.2) is 5.76 Å². The van der Waals surface area contributed by atoms with Gasteiger partial charge >= 0.3 is 0 Å². The Morgan fingerprint density at radius 2 is 1.80 bits per heavy atom. The molecule has 0 heterocycles. The SMILES string of the molecule is OC1=CC(O)(O)C(O)=C[CH]1. The van der Waals surface area contributed by atoms with Crippen LogP contribution >= 0.6 is 0 Å². The first-order chi connectivity index (χ1) is 4.52. The molecule has 10 heavy (non-hydrogen) atoms. The van der Waals surface area contributed by atoms with Crippen LogP contribution in [0.3, 0.4) is 0 Å². The maximum atomic E-state index is 8.79. The Balaban J connectivity index is 2.90. The third-order valence-electron chi connectivity index (χ3n) is 1.14. The average molecular weight is 143 g/mol. The highest BCUT2D eigenvalue weighted by Gasteiger charge is 2.29. The van der Waals surface area contributed by atoms with Gasteiger partial charge in [-0.15, -0.1) is 0 Å². The second kappa shape index (κ2) is 2.00. The summed E-state index contributed by atoms with van der Waals surface area (Å²) in [5, 5.41) is 35.0. The predicted molar refractivity (Wildman–Crippen MR) is 32.9 cm³/mol. The molecule has 1 radical (unpaired) electrons. The molecule has 0 aliphatic heterocycles. The quantitative estimate of drug-likeness (QED) is 0.353. The van der Waals surface area contributed by atoms with Crippen LogP contribution in [0.25, 0.3) is 0 Å². The number of rotatable bonds is 0. The smallest absolute Gasteiger partial charge is 0.246 e. The molecule has 0 bridgehead atoms. The fraction of sp³-hybridized carbons (Fsp3) is 0.167. The van der Waals surface area contributed by atoms with E-state index in [0.717, 1.165) is 18.6 Å². The molecule has 0 unspecified atom stereocenters. The van der Waals surface area contributed by atoms with Crippen molar-refractivity contribution in [3.8, 4) is 0 Å². The van der Waals surface area contributed by atoms with Crippen LogP contribution in [0.1, 0.15) is 0 Å². The minimum absolute atomic E-state index is 0.289. The van der Waals surface area contributed by atoms with Crippen LogP contribution in [0.15, 0.2) is 23.7 Å². The zero-order chi connectivity index (χ0) is 7.78. The summed E-state index contributed by atoms with van der Waals surface area (Å²) in [6.45, 7) is 0. The first kappa shape index (κ1) is 7.11. The summed E-state index contributed by atoms with van der Waals surface area (Å²) >= 11 is 0. The van der Waals surface area contributed by atoms with Gasteiger partial charge < -0.3 is 20.4 Å². The number of hydrogen-bond acceptors (Lipinski definition) is 4. The predicted octanol–water partition coefficient (Wildman–Crippen LogP) is -0.231. The molecule has 0 aromatic rings. The highest BCUT2D eigenvalue weighted by molar-refractivity contribution is 5.30. The van der Waals surface area contributed by atoms with E-state index in [0.29, 0.717) is 0 Å². The molecule has 1 aliphatic rings. The van der Waals surface area contributed by atoms with Crippen LogP contribution in [0.5, 0.6) is 0 Å². The van der Waals surface area contributed by atoms with Gasteiger partial charge in [-0.3, -0.25) is 0 Å². The minimum atomic E-state index is -2.42. The van der Waals surface area contributed by atoms with Crippen LogP contribution in [-0.2, 0) is 0 Å². The molecule has 0 amide bonds. The van der Waals surface area contributed by atoms with Crippen molar-refractivity contribution in [2.75, 3.05) is 0 Å². The van der Waals surface area contributed by atoms with Gasteiger partial charge in [-0.2, -0.15) is 0 Å². The molecule has 0 fully saturated rings. The molecule has 4 nitrogen and oxygen atoms in total. The molecule has 4 heteroatoms. The molecule has 0 saturated heterocycles. The third kappa shape index (κ3) is 1.12. The van der Waals surface area contributed by atoms with Crippen LogP contribution < -0.4 is 0 Å². The van der Waals surface area contributed by atoms with E-state index in [4.69, 9.17) is 20.4 Å². The second-order valence-electron chi connectivity index (χ2n) is 2.01. The van der Waals surface area contributed by atoms with E-state index < -0.39 is 11.5 Å². The minimum Gasteiger partial charge on any atom is -0.512 e. The largest absolute Gasteiger partial charge is 0.512 e. The molecule has 0 aromatic carbocycles. The van der Waals surface area contributed by atoms with Crippen LogP contribution in [0.4, 0.5) is 0 Å². The lowest BCUT2D eigenvalue weighted by Crippen LogP contribution is -2.30. The number of aliphatic hydroxyl groups is 4. The first-order valence-corrected chi connectivity index (χ1v) is 2.63. The Morgan fingerprint density at radius 1 is 1.20 bits per heavy atom. The Morgan fingerprint density at radius 3 is 2.20 bits per heavy atom. The lowest BCUT2D eigenvalue weighted by Gasteiger charge is -2.19. The molecule has 0 saturated carbocycles. The number of allylic oxidation sites excluding steroid dienone is 1. The van der Waals surface area contributed by atoms with E-state index in [1.807, 2.05) is 0 Å². The fourth-order valence-electron chi connectivity index (χ4n) is 0.615. The molecule has 4 N–H and O–H groups in total. The highest BCUT2D eigenvalue weighted by atomic mass is 16.5. The molecule has 0 spiro atoms. The first-order valence-electron chi connectivity index (χ1n) is 2.63. The number of hydrogen-bond donors (Lipinski definition) is 4. The lowest BCUT2D eigenvalue weighted by molar-refractivity contribution is -0.113. The van der Waals surface area contributed by atoms with Gasteiger partial charge in [0.2, 0.25) is 5.79 Å². The van der Waals surface area contributed by atoms with E-state index in [1.165, 1.54) is 0 Å². The molecular weight excluding hydrogens is 136 g/mol. The van der Waals surface area contributed by atoms with Crippen LogP contribution in [0.2, 0.25) is 0 Å². The lowest BCUT2D eigenvalue weighted by atomic mass is 10.1. The summed E-state index contributed by atoms with van der Waals surface area (Å²) in [5.41, 5.74) is 0. The standard InChI is InChI=1S/C6H7O4/c7-4-1-2-5(8)6(9,10)3-4/h1-3,7-10H. The Kier molecular flexibility index (Phi) is 1.42. The topological polar surface area (TPSA) is 80.9 Å². The van der Waals surface area contributed by atoms with Gasteiger partial charge in [0, 0.05) is 6.08 Å². The Hall–Kier alpha value is -1.00. The average Bonchev–Trinajstić information content (AvgIpc) is 1.78. The zero-order valence-electron chi connectivity index (χ0n) is 5.02. The van der Waals surface area contributed by atoms with Crippen molar-refractivity contribution in [1.29, 1.82) is 0 Å². The maximum absolute atomic E-state index is 8.79. The van der Waals surface area contributed by atoms with E-state index >= 15 is 0 Å². The monoisotopic (exact) mass is 143 g/mol. The normalized spacial score (nSPS) is 23.4. The molecule has 0 aromatic heterocycles. The molecule has 55 valence electrons. The summed E-state index contributed by atoms with van der Waals surface area (Å²) in [6, 6.07) is 0. The molecular formula is C6H7O4. The molecule has 1 aliphatic carbocycles. The van der Waals surface area contributed by atoms with Crippen LogP contribution in [0, 0.1) is 6.42 Å². The molecule has 1 rings (SSSR count). The van der Waals surface area contributed by atoms with E-state index in [-0.39, 0.29) is 5.76 Å². The Bertz CT molecular complexity index is 202. The van der Waals surface area contributed by atoms with Crippen molar-refractivity contribution < 1.29 is 20.4 Å². The van der Waals surface area contributed by atoms with Crippen molar-refractivity contribution in [3.63, 3.8) is 0 Å². The summed E-state index contributed by atoms with van der Waals surface area (Å²) in [6.07, 6.45) is 2.89. The van der Waals surface area contributed by atoms with Crippen molar-refractivity contribution in [1.82, 2.24) is 0 Å². The van der Waals surface area contributed by atoms with Crippen molar-refractivity contribution in [3.05, 3.63) is 30.1 Å². The van der Waals surface area contributed by atoms with E-state index in [2.05, 4.69) is 0 Å². The van der Waals surface area contributed by atoms with Gasteiger partial charge in [0.1, 0.15) is 5.76 Å². The number of aliphatic hydroxyl groups excluding tert-OH is 2. The van der Waals surface area contributed by atoms with Gasteiger partial charge in [-0.25, -0.2) is 0 Å².